The summed E-state index contributed by atoms with van der Waals surface area (Å²) in [5, 5.41) is 3.06. The molecule has 0 spiro atoms. The Morgan fingerprint density at radius 2 is 1.67 bits per heavy atom. The quantitative estimate of drug-likeness (QED) is 0.702. The maximum Gasteiger partial charge on any atom is 0.155 e. The summed E-state index contributed by atoms with van der Waals surface area (Å²) in [6.45, 7) is 10.0. The van der Waals surface area contributed by atoms with Crippen LogP contribution in [0.15, 0.2) is 0 Å². The Labute approximate surface area is 75.7 Å². The topological polar surface area (TPSA) is 29.1 Å². The SMILES string of the molecule is CNC(C(=O)C(C)(C)C)C(C)C. The van der Waals surface area contributed by atoms with Crippen molar-refractivity contribution in [3.8, 4) is 0 Å². The summed E-state index contributed by atoms with van der Waals surface area (Å²) in [5.74, 6) is 0.654. The molecule has 0 aliphatic rings. The van der Waals surface area contributed by atoms with Crippen molar-refractivity contribution in [3.63, 3.8) is 0 Å². The highest BCUT2D eigenvalue weighted by atomic mass is 16.1. The van der Waals surface area contributed by atoms with Crippen molar-refractivity contribution < 1.29 is 4.79 Å². The zero-order chi connectivity index (χ0) is 9.94. The molecule has 0 saturated carbocycles. The van der Waals surface area contributed by atoms with Crippen LogP contribution in [0.5, 0.6) is 0 Å². The van der Waals surface area contributed by atoms with E-state index < -0.39 is 0 Å². The fourth-order valence-corrected chi connectivity index (χ4v) is 1.23. The Balaban J connectivity index is 4.44. The molecule has 0 aromatic carbocycles. The number of Topliss-reactive ketones (excluding diaryl/α,β-unsaturated/α-hetero) is 1. The molecule has 0 heterocycles. The van der Waals surface area contributed by atoms with E-state index in [1.165, 1.54) is 0 Å². The maximum atomic E-state index is 11.8. The molecule has 0 amide bonds. The Morgan fingerprint density at radius 3 is 1.75 bits per heavy atom. The molecule has 0 bridgehead atoms. The van der Waals surface area contributed by atoms with Crippen LogP contribution >= 0.6 is 0 Å². The Kier molecular flexibility index (Phi) is 3.91. The third-order valence-corrected chi connectivity index (χ3v) is 2.00. The van der Waals surface area contributed by atoms with Crippen molar-refractivity contribution in [2.24, 2.45) is 11.3 Å². The molecule has 72 valence electrons. The first-order chi connectivity index (χ1) is 5.30. The minimum Gasteiger partial charge on any atom is -0.310 e. The van der Waals surface area contributed by atoms with Crippen molar-refractivity contribution in [3.05, 3.63) is 0 Å². The van der Waals surface area contributed by atoms with E-state index in [0.717, 1.165) is 0 Å². The van der Waals surface area contributed by atoms with Gasteiger partial charge in [0.25, 0.3) is 0 Å². The van der Waals surface area contributed by atoms with E-state index in [4.69, 9.17) is 0 Å². The predicted molar refractivity (Wildman–Crippen MR) is 52.1 cm³/mol. The average molecular weight is 171 g/mol. The van der Waals surface area contributed by atoms with E-state index in [0.29, 0.717) is 11.7 Å². The summed E-state index contributed by atoms with van der Waals surface area (Å²) in [4.78, 5) is 11.8. The first-order valence-electron chi connectivity index (χ1n) is 4.52. The van der Waals surface area contributed by atoms with Gasteiger partial charge in [0.2, 0.25) is 0 Å². The van der Waals surface area contributed by atoms with Crippen LogP contribution in [-0.2, 0) is 4.79 Å². The van der Waals surface area contributed by atoms with Crippen molar-refractivity contribution in [2.75, 3.05) is 7.05 Å². The lowest BCUT2D eigenvalue weighted by molar-refractivity contribution is -0.129. The monoisotopic (exact) mass is 171 g/mol. The van der Waals surface area contributed by atoms with Crippen LogP contribution in [0.25, 0.3) is 0 Å². The van der Waals surface area contributed by atoms with Gasteiger partial charge in [-0.2, -0.15) is 0 Å². The molecule has 0 rings (SSSR count). The molecule has 1 atom stereocenters. The van der Waals surface area contributed by atoms with Gasteiger partial charge >= 0.3 is 0 Å². The summed E-state index contributed by atoms with van der Waals surface area (Å²) in [5.41, 5.74) is -0.238. The van der Waals surface area contributed by atoms with Gasteiger partial charge in [-0.05, 0) is 13.0 Å². The van der Waals surface area contributed by atoms with Gasteiger partial charge in [-0.1, -0.05) is 34.6 Å². The number of carbonyl (C=O) groups is 1. The molecule has 1 unspecified atom stereocenters. The number of nitrogens with one attached hydrogen (secondary N) is 1. The molecule has 12 heavy (non-hydrogen) atoms. The van der Waals surface area contributed by atoms with E-state index >= 15 is 0 Å². The molecule has 0 saturated heterocycles. The maximum absolute atomic E-state index is 11.8. The average Bonchev–Trinajstić information content (AvgIpc) is 1.86. The van der Waals surface area contributed by atoms with Crippen LogP contribution in [0.2, 0.25) is 0 Å². The number of hydrogen-bond acceptors (Lipinski definition) is 2. The molecule has 1 N–H and O–H groups in total. The zero-order valence-corrected chi connectivity index (χ0v) is 9.06. The molecule has 0 aliphatic heterocycles. The van der Waals surface area contributed by atoms with Gasteiger partial charge in [0.15, 0.2) is 5.78 Å². The van der Waals surface area contributed by atoms with Gasteiger partial charge in [-0.3, -0.25) is 4.79 Å². The molecular weight excluding hydrogens is 150 g/mol. The summed E-state index contributed by atoms with van der Waals surface area (Å²) in [6, 6.07) is -0.00926. The Morgan fingerprint density at radius 1 is 1.25 bits per heavy atom. The Hall–Kier alpha value is -0.370. The van der Waals surface area contributed by atoms with Crippen molar-refractivity contribution in [2.45, 2.75) is 40.7 Å². The minimum absolute atomic E-state index is 0.00926. The van der Waals surface area contributed by atoms with E-state index in [2.05, 4.69) is 19.2 Å². The first kappa shape index (κ1) is 11.6. The van der Waals surface area contributed by atoms with Crippen LogP contribution in [0.4, 0.5) is 0 Å². The second-order valence-corrected chi connectivity index (χ2v) is 4.62. The normalized spacial score (nSPS) is 14.9. The predicted octanol–water partition coefficient (Wildman–Crippen LogP) is 1.85. The van der Waals surface area contributed by atoms with Gasteiger partial charge < -0.3 is 5.32 Å². The second kappa shape index (κ2) is 4.04. The first-order valence-corrected chi connectivity index (χ1v) is 4.52. The van der Waals surface area contributed by atoms with Crippen LogP contribution in [0.1, 0.15) is 34.6 Å². The van der Waals surface area contributed by atoms with Crippen molar-refractivity contribution in [1.82, 2.24) is 5.32 Å². The molecule has 0 aromatic rings. The number of rotatable bonds is 3. The highest BCUT2D eigenvalue weighted by Gasteiger charge is 2.30. The highest BCUT2D eigenvalue weighted by molar-refractivity contribution is 5.88. The van der Waals surface area contributed by atoms with Gasteiger partial charge in [0.1, 0.15) is 0 Å². The van der Waals surface area contributed by atoms with Crippen LogP contribution < -0.4 is 5.32 Å². The molecule has 0 aromatic heterocycles. The lowest BCUT2D eigenvalue weighted by Gasteiger charge is -2.26. The lowest BCUT2D eigenvalue weighted by atomic mass is 9.82. The fraction of sp³-hybridized carbons (Fsp3) is 0.900. The second-order valence-electron chi connectivity index (χ2n) is 4.62. The summed E-state index contributed by atoms with van der Waals surface area (Å²) >= 11 is 0. The fourth-order valence-electron chi connectivity index (χ4n) is 1.23. The van der Waals surface area contributed by atoms with Gasteiger partial charge in [-0.15, -0.1) is 0 Å². The Bertz CT molecular complexity index is 156. The van der Waals surface area contributed by atoms with Gasteiger partial charge in [0, 0.05) is 5.41 Å². The zero-order valence-electron chi connectivity index (χ0n) is 9.06. The van der Waals surface area contributed by atoms with Crippen molar-refractivity contribution >= 4 is 5.78 Å². The smallest absolute Gasteiger partial charge is 0.155 e. The summed E-state index contributed by atoms with van der Waals surface area (Å²) < 4.78 is 0. The third kappa shape index (κ3) is 2.94. The van der Waals surface area contributed by atoms with E-state index in [1.54, 1.807) is 0 Å². The molecule has 2 heteroatoms. The highest BCUT2D eigenvalue weighted by Crippen LogP contribution is 2.19. The number of likely N-dealkylation sites (N-methyl/N-ethyl adjacent to an activating group) is 1. The van der Waals surface area contributed by atoms with Crippen LogP contribution in [0, 0.1) is 11.3 Å². The third-order valence-electron chi connectivity index (χ3n) is 2.00. The summed E-state index contributed by atoms with van der Waals surface area (Å²) in [6.07, 6.45) is 0. The van der Waals surface area contributed by atoms with E-state index in [9.17, 15) is 4.79 Å². The van der Waals surface area contributed by atoms with Crippen molar-refractivity contribution in [1.29, 1.82) is 0 Å². The number of carbonyl (C=O) groups excluding carboxylic acids is 1. The lowest BCUT2D eigenvalue weighted by Crippen LogP contribution is -2.44. The van der Waals surface area contributed by atoms with Gasteiger partial charge in [0.05, 0.1) is 6.04 Å². The van der Waals surface area contributed by atoms with Gasteiger partial charge in [-0.25, -0.2) is 0 Å². The molecule has 0 aliphatic carbocycles. The largest absolute Gasteiger partial charge is 0.310 e. The number of ketones is 1. The van der Waals surface area contributed by atoms with E-state index in [1.807, 2.05) is 27.8 Å². The molecule has 2 nitrogen and oxygen atoms in total. The van der Waals surface area contributed by atoms with E-state index in [-0.39, 0.29) is 11.5 Å². The minimum atomic E-state index is -0.238. The summed E-state index contributed by atoms with van der Waals surface area (Å²) in [7, 11) is 1.84. The standard InChI is InChI=1S/C10H21NO/c1-7(2)8(11-6)9(12)10(3,4)5/h7-8,11H,1-6H3. The molecular formula is C10H21NO. The molecule has 0 radical (unpaired) electrons. The van der Waals surface area contributed by atoms with Crippen LogP contribution in [0.3, 0.4) is 0 Å². The molecule has 0 fully saturated rings. The number of hydrogen-bond donors (Lipinski definition) is 1. The van der Waals surface area contributed by atoms with Crippen LogP contribution in [-0.4, -0.2) is 18.9 Å².